The summed E-state index contributed by atoms with van der Waals surface area (Å²) in [6, 6.07) is 0.677. The molecular weight excluding hydrogens is 188 g/mol. The van der Waals surface area contributed by atoms with Gasteiger partial charge >= 0.3 is 0 Å². The zero-order valence-corrected chi connectivity index (χ0v) is 9.67. The van der Waals surface area contributed by atoms with Gasteiger partial charge in [0.15, 0.2) is 0 Å². The van der Waals surface area contributed by atoms with Gasteiger partial charge in [0.2, 0.25) is 0 Å². The smallest absolute Gasteiger partial charge is 0.0598 e. The van der Waals surface area contributed by atoms with Crippen LogP contribution in [0.3, 0.4) is 0 Å². The third-order valence-electron chi connectivity index (χ3n) is 2.86. The largest absolute Gasteiger partial charge is 0.385 e. The molecule has 1 saturated heterocycles. The van der Waals surface area contributed by atoms with Gasteiger partial charge in [-0.2, -0.15) is 0 Å². The van der Waals surface area contributed by atoms with Crippen LogP contribution >= 0.6 is 0 Å². The molecule has 3 nitrogen and oxygen atoms in total. The van der Waals surface area contributed by atoms with Crippen molar-refractivity contribution < 1.29 is 4.74 Å². The van der Waals surface area contributed by atoms with E-state index in [0.29, 0.717) is 6.04 Å². The minimum atomic E-state index is 0.677. The molecule has 1 N–H and O–H groups in total. The zero-order valence-electron chi connectivity index (χ0n) is 9.67. The number of likely N-dealkylation sites (tertiary alicyclic amines) is 1. The summed E-state index contributed by atoms with van der Waals surface area (Å²) >= 11 is 0. The van der Waals surface area contributed by atoms with Crippen LogP contribution in [0.1, 0.15) is 19.3 Å². The molecule has 0 saturated carbocycles. The maximum absolute atomic E-state index is 5.29. The van der Waals surface area contributed by atoms with Gasteiger partial charge in [-0.05, 0) is 25.8 Å². The first kappa shape index (κ1) is 12.5. The van der Waals surface area contributed by atoms with E-state index in [4.69, 9.17) is 11.2 Å². The number of terminal acetylenes is 1. The van der Waals surface area contributed by atoms with Gasteiger partial charge < -0.3 is 10.1 Å². The molecule has 3 heteroatoms. The van der Waals surface area contributed by atoms with Crippen LogP contribution in [-0.2, 0) is 4.74 Å². The molecule has 0 radical (unpaired) electrons. The molecule has 1 aliphatic rings. The monoisotopic (exact) mass is 210 g/mol. The average Bonchev–Trinajstić information content (AvgIpc) is 2.27. The van der Waals surface area contributed by atoms with E-state index in [1.807, 2.05) is 0 Å². The summed E-state index contributed by atoms with van der Waals surface area (Å²) in [7, 11) is 1.75. The van der Waals surface area contributed by atoms with Crippen LogP contribution < -0.4 is 5.32 Å². The van der Waals surface area contributed by atoms with Crippen molar-refractivity contribution in [2.45, 2.75) is 25.3 Å². The molecule has 1 fully saturated rings. The van der Waals surface area contributed by atoms with Gasteiger partial charge in [-0.15, -0.1) is 6.42 Å². The summed E-state index contributed by atoms with van der Waals surface area (Å²) < 4.78 is 5.01. The van der Waals surface area contributed by atoms with Crippen molar-refractivity contribution in [3.05, 3.63) is 0 Å². The molecule has 0 aromatic rings. The van der Waals surface area contributed by atoms with Gasteiger partial charge in [-0.3, -0.25) is 4.90 Å². The van der Waals surface area contributed by atoms with Gasteiger partial charge in [-0.1, -0.05) is 5.92 Å². The van der Waals surface area contributed by atoms with E-state index in [2.05, 4.69) is 16.1 Å². The van der Waals surface area contributed by atoms with Crippen LogP contribution in [0.4, 0.5) is 0 Å². The second kappa shape index (κ2) is 7.70. The molecule has 15 heavy (non-hydrogen) atoms. The Hall–Kier alpha value is -0.560. The van der Waals surface area contributed by atoms with Crippen LogP contribution in [0, 0.1) is 12.3 Å². The van der Waals surface area contributed by atoms with E-state index in [1.54, 1.807) is 7.11 Å². The standard InChI is InChI=1S/C12H22N2O/c1-3-8-14-9-5-12(6-10-14)13-7-4-11-15-2/h1,12-13H,4-11H2,2H3. The van der Waals surface area contributed by atoms with Gasteiger partial charge in [0.05, 0.1) is 6.54 Å². The van der Waals surface area contributed by atoms with Gasteiger partial charge in [0.1, 0.15) is 0 Å². The molecule has 0 unspecified atom stereocenters. The highest BCUT2D eigenvalue weighted by molar-refractivity contribution is 4.90. The van der Waals surface area contributed by atoms with Crippen molar-refractivity contribution >= 4 is 0 Å². The van der Waals surface area contributed by atoms with E-state index >= 15 is 0 Å². The number of rotatable bonds is 6. The van der Waals surface area contributed by atoms with Crippen molar-refractivity contribution in [2.24, 2.45) is 0 Å². The Balaban J connectivity index is 2.02. The van der Waals surface area contributed by atoms with Crippen molar-refractivity contribution in [3.8, 4) is 12.3 Å². The second-order valence-corrected chi connectivity index (χ2v) is 4.06. The van der Waals surface area contributed by atoms with Gasteiger partial charge in [0.25, 0.3) is 0 Å². The van der Waals surface area contributed by atoms with E-state index < -0.39 is 0 Å². The molecule has 0 amide bonds. The first-order valence-corrected chi connectivity index (χ1v) is 5.75. The van der Waals surface area contributed by atoms with E-state index in [-0.39, 0.29) is 0 Å². The molecule has 0 aromatic heterocycles. The third kappa shape index (κ3) is 5.17. The van der Waals surface area contributed by atoms with Crippen LogP contribution in [-0.4, -0.2) is 50.8 Å². The van der Waals surface area contributed by atoms with E-state index in [1.165, 1.54) is 12.8 Å². The Labute approximate surface area is 93.2 Å². The lowest BCUT2D eigenvalue weighted by molar-refractivity contribution is 0.186. The summed E-state index contributed by atoms with van der Waals surface area (Å²) in [6.45, 7) is 4.98. The fourth-order valence-electron chi connectivity index (χ4n) is 1.95. The third-order valence-corrected chi connectivity index (χ3v) is 2.86. The summed E-state index contributed by atoms with van der Waals surface area (Å²) in [4.78, 5) is 2.34. The van der Waals surface area contributed by atoms with E-state index in [9.17, 15) is 0 Å². The molecule has 0 spiro atoms. The molecular formula is C12H22N2O. The lowest BCUT2D eigenvalue weighted by Crippen LogP contribution is -2.42. The Morgan fingerprint density at radius 2 is 2.20 bits per heavy atom. The average molecular weight is 210 g/mol. The van der Waals surface area contributed by atoms with Crippen molar-refractivity contribution in [3.63, 3.8) is 0 Å². The quantitative estimate of drug-likeness (QED) is 0.516. The number of hydrogen-bond donors (Lipinski definition) is 1. The van der Waals surface area contributed by atoms with E-state index in [0.717, 1.165) is 39.2 Å². The second-order valence-electron chi connectivity index (χ2n) is 4.06. The highest BCUT2D eigenvalue weighted by Gasteiger charge is 2.17. The Morgan fingerprint density at radius 1 is 1.47 bits per heavy atom. The fraction of sp³-hybridized carbons (Fsp3) is 0.833. The van der Waals surface area contributed by atoms with Crippen LogP contribution in [0.5, 0.6) is 0 Å². The minimum Gasteiger partial charge on any atom is -0.385 e. The topological polar surface area (TPSA) is 24.5 Å². The van der Waals surface area contributed by atoms with Crippen LogP contribution in [0.25, 0.3) is 0 Å². The molecule has 0 aliphatic carbocycles. The SMILES string of the molecule is C#CCN1CCC(NCCCOC)CC1. The first-order chi connectivity index (χ1) is 7.36. The Bertz CT molecular complexity index is 192. The number of ether oxygens (including phenoxy) is 1. The lowest BCUT2D eigenvalue weighted by atomic mass is 10.1. The molecule has 1 rings (SSSR count). The highest BCUT2D eigenvalue weighted by atomic mass is 16.5. The fourth-order valence-corrected chi connectivity index (χ4v) is 1.95. The molecule has 1 aliphatic heterocycles. The molecule has 1 heterocycles. The van der Waals surface area contributed by atoms with Gasteiger partial charge in [0, 0.05) is 32.8 Å². The maximum atomic E-state index is 5.29. The number of methoxy groups -OCH3 is 1. The number of piperidine rings is 1. The molecule has 0 bridgehead atoms. The number of nitrogens with zero attached hydrogens (tertiary/aromatic N) is 1. The zero-order chi connectivity index (χ0) is 10.9. The normalized spacial score (nSPS) is 18.9. The van der Waals surface area contributed by atoms with Crippen molar-refractivity contribution in [1.82, 2.24) is 10.2 Å². The first-order valence-electron chi connectivity index (χ1n) is 5.75. The summed E-state index contributed by atoms with van der Waals surface area (Å²) in [6.07, 6.45) is 8.82. The van der Waals surface area contributed by atoms with Crippen LogP contribution in [0.15, 0.2) is 0 Å². The minimum absolute atomic E-state index is 0.677. The molecule has 0 aromatic carbocycles. The molecule has 0 atom stereocenters. The maximum Gasteiger partial charge on any atom is 0.0598 e. The summed E-state index contributed by atoms with van der Waals surface area (Å²) in [5.41, 5.74) is 0. The predicted molar refractivity (Wildman–Crippen MR) is 62.8 cm³/mol. The van der Waals surface area contributed by atoms with Crippen molar-refractivity contribution in [2.75, 3.05) is 39.9 Å². The number of hydrogen-bond acceptors (Lipinski definition) is 3. The Morgan fingerprint density at radius 3 is 2.80 bits per heavy atom. The molecule has 86 valence electrons. The lowest BCUT2D eigenvalue weighted by Gasteiger charge is -2.31. The van der Waals surface area contributed by atoms with Gasteiger partial charge in [-0.25, -0.2) is 0 Å². The summed E-state index contributed by atoms with van der Waals surface area (Å²) in [5, 5.41) is 3.56. The highest BCUT2D eigenvalue weighted by Crippen LogP contribution is 2.09. The number of nitrogens with one attached hydrogen (secondary N) is 1. The van der Waals surface area contributed by atoms with Crippen LogP contribution in [0.2, 0.25) is 0 Å². The Kier molecular flexibility index (Phi) is 6.42. The summed E-state index contributed by atoms with van der Waals surface area (Å²) in [5.74, 6) is 2.70. The predicted octanol–water partition coefficient (Wildman–Crippen LogP) is 0.710. The van der Waals surface area contributed by atoms with Crippen molar-refractivity contribution in [1.29, 1.82) is 0 Å².